The first-order valence-electron chi connectivity index (χ1n) is 5.03. The van der Waals surface area contributed by atoms with Gasteiger partial charge in [0, 0.05) is 5.56 Å². The average molecular weight is 176 g/mol. The van der Waals surface area contributed by atoms with E-state index in [9.17, 15) is 0 Å². The smallest absolute Gasteiger partial charge is 0.173 e. The largest absolute Gasteiger partial charge is 0.449 e. The van der Waals surface area contributed by atoms with Gasteiger partial charge in [0.15, 0.2) is 11.5 Å². The zero-order valence-corrected chi connectivity index (χ0v) is 8.82. The lowest BCUT2D eigenvalue weighted by molar-refractivity contribution is 0.641. The fourth-order valence-electron chi connectivity index (χ4n) is 2.13. The van der Waals surface area contributed by atoms with E-state index in [-0.39, 0.29) is 0 Å². The van der Waals surface area contributed by atoms with Gasteiger partial charge in [-0.15, -0.1) is 0 Å². The van der Waals surface area contributed by atoms with Crippen molar-refractivity contribution in [1.82, 2.24) is 0 Å². The molecule has 1 nitrogen and oxygen atoms in total. The molecule has 0 atom stereocenters. The molecule has 2 rings (SSSR count). The number of hydrogen-bond acceptors (Lipinski definition) is 1. The normalized spacial score (nSPS) is 12.3. The minimum atomic E-state index is 1.09. The Labute approximate surface area is 79.7 Å². The maximum Gasteiger partial charge on any atom is 0.173 e. The summed E-state index contributed by atoms with van der Waals surface area (Å²) in [5, 5.41) is 0. The monoisotopic (exact) mass is 176 g/mol. The molecule has 1 heteroatoms. The first-order chi connectivity index (χ1) is 6.20. The molecular formula is C12H16O. The molecule has 0 radical (unpaired) electrons. The van der Waals surface area contributed by atoms with Crippen molar-refractivity contribution in [3.8, 4) is 11.5 Å². The Morgan fingerprint density at radius 3 is 2.00 bits per heavy atom. The molecule has 1 aliphatic rings. The van der Waals surface area contributed by atoms with Gasteiger partial charge in [0.1, 0.15) is 0 Å². The zero-order valence-electron chi connectivity index (χ0n) is 8.82. The second kappa shape index (κ2) is 2.76. The second-order valence-electron chi connectivity index (χ2n) is 3.67. The van der Waals surface area contributed by atoms with Gasteiger partial charge in [-0.1, -0.05) is 13.8 Å². The van der Waals surface area contributed by atoms with Crippen LogP contribution in [0.25, 0.3) is 0 Å². The van der Waals surface area contributed by atoms with Crippen molar-refractivity contribution in [1.29, 1.82) is 0 Å². The maximum absolute atomic E-state index is 5.51. The van der Waals surface area contributed by atoms with Gasteiger partial charge in [-0.05, 0) is 43.4 Å². The Hall–Kier alpha value is -0.980. The van der Waals surface area contributed by atoms with E-state index in [1.54, 1.807) is 0 Å². The van der Waals surface area contributed by atoms with Gasteiger partial charge in [-0.3, -0.25) is 0 Å². The van der Waals surface area contributed by atoms with E-state index in [0.717, 1.165) is 18.6 Å². The number of fused-ring (bicyclic) bond motifs is 1. The number of ether oxygens (including phenoxy) is 1. The Morgan fingerprint density at radius 2 is 1.46 bits per heavy atom. The number of hydrogen-bond donors (Lipinski definition) is 0. The summed E-state index contributed by atoms with van der Waals surface area (Å²) in [7, 11) is 0. The molecule has 1 aromatic carbocycles. The summed E-state index contributed by atoms with van der Waals surface area (Å²) < 4.78 is 5.51. The molecule has 0 fully saturated rings. The highest BCUT2D eigenvalue weighted by molar-refractivity contribution is 5.68. The van der Waals surface area contributed by atoms with Gasteiger partial charge < -0.3 is 4.74 Å². The first-order valence-corrected chi connectivity index (χ1v) is 5.03. The predicted molar refractivity (Wildman–Crippen MR) is 54.7 cm³/mol. The van der Waals surface area contributed by atoms with E-state index in [2.05, 4.69) is 27.7 Å². The van der Waals surface area contributed by atoms with Gasteiger partial charge in [0.2, 0.25) is 0 Å². The van der Waals surface area contributed by atoms with Crippen LogP contribution >= 0.6 is 0 Å². The minimum absolute atomic E-state index is 1.09. The molecule has 0 saturated heterocycles. The SMILES string of the molecule is CCc1c(C)c(C)c2c(c1CC)O2. The third kappa shape index (κ3) is 1.06. The fraction of sp³-hybridized carbons (Fsp3) is 0.500. The molecular weight excluding hydrogens is 160 g/mol. The zero-order chi connectivity index (χ0) is 9.59. The highest BCUT2D eigenvalue weighted by Gasteiger charge is 2.30. The van der Waals surface area contributed by atoms with Crippen molar-refractivity contribution >= 4 is 0 Å². The summed E-state index contributed by atoms with van der Waals surface area (Å²) in [6, 6.07) is 0. The van der Waals surface area contributed by atoms with Crippen LogP contribution in [-0.4, -0.2) is 0 Å². The minimum Gasteiger partial charge on any atom is -0.449 e. The van der Waals surface area contributed by atoms with Crippen LogP contribution in [0.5, 0.6) is 11.5 Å². The lowest BCUT2D eigenvalue weighted by atomic mass is 9.95. The molecule has 0 bridgehead atoms. The van der Waals surface area contributed by atoms with Crippen LogP contribution in [-0.2, 0) is 12.8 Å². The quantitative estimate of drug-likeness (QED) is 0.638. The summed E-state index contributed by atoms with van der Waals surface area (Å²) in [6.07, 6.45) is 2.21. The predicted octanol–water partition coefficient (Wildman–Crippen LogP) is 3.53. The van der Waals surface area contributed by atoms with Crippen molar-refractivity contribution in [3.63, 3.8) is 0 Å². The van der Waals surface area contributed by atoms with Gasteiger partial charge >= 0.3 is 0 Å². The Kier molecular flexibility index (Phi) is 1.83. The molecule has 1 heterocycles. The Morgan fingerprint density at radius 1 is 0.846 bits per heavy atom. The van der Waals surface area contributed by atoms with Crippen LogP contribution in [0, 0.1) is 13.8 Å². The van der Waals surface area contributed by atoms with Crippen molar-refractivity contribution in [3.05, 3.63) is 22.3 Å². The molecule has 1 aliphatic heterocycles. The van der Waals surface area contributed by atoms with Crippen LogP contribution in [0.1, 0.15) is 36.1 Å². The lowest BCUT2D eigenvalue weighted by Crippen LogP contribution is -1.93. The maximum atomic E-state index is 5.51. The summed E-state index contributed by atoms with van der Waals surface area (Å²) in [6.45, 7) is 8.77. The van der Waals surface area contributed by atoms with Crippen LogP contribution in [0.4, 0.5) is 0 Å². The fourth-order valence-corrected chi connectivity index (χ4v) is 2.13. The summed E-state index contributed by atoms with van der Waals surface area (Å²) in [5.74, 6) is 2.31. The van der Waals surface area contributed by atoms with Crippen molar-refractivity contribution in [2.24, 2.45) is 0 Å². The van der Waals surface area contributed by atoms with Gasteiger partial charge in [0.25, 0.3) is 0 Å². The molecule has 0 unspecified atom stereocenters. The molecule has 0 saturated carbocycles. The van der Waals surface area contributed by atoms with E-state index >= 15 is 0 Å². The third-order valence-electron chi connectivity index (χ3n) is 3.07. The van der Waals surface area contributed by atoms with Crippen molar-refractivity contribution < 1.29 is 4.74 Å². The molecule has 0 N–H and O–H groups in total. The van der Waals surface area contributed by atoms with Gasteiger partial charge in [-0.2, -0.15) is 0 Å². The Bertz CT molecular complexity index is 364. The topological polar surface area (TPSA) is 12.5 Å². The molecule has 1 aromatic rings. The Balaban J connectivity index is 2.66. The number of benzene rings is 1. The van der Waals surface area contributed by atoms with E-state index in [0.29, 0.717) is 0 Å². The molecule has 70 valence electrons. The van der Waals surface area contributed by atoms with Crippen molar-refractivity contribution in [2.45, 2.75) is 40.5 Å². The molecule has 13 heavy (non-hydrogen) atoms. The van der Waals surface area contributed by atoms with Crippen LogP contribution in [0.3, 0.4) is 0 Å². The first kappa shape index (κ1) is 8.61. The molecule has 0 amide bonds. The molecule has 0 spiro atoms. The van der Waals surface area contributed by atoms with E-state index < -0.39 is 0 Å². The van der Waals surface area contributed by atoms with Crippen LogP contribution in [0.15, 0.2) is 0 Å². The van der Waals surface area contributed by atoms with E-state index in [4.69, 9.17) is 4.74 Å². The van der Waals surface area contributed by atoms with Crippen molar-refractivity contribution in [2.75, 3.05) is 0 Å². The van der Waals surface area contributed by atoms with Crippen LogP contribution in [0.2, 0.25) is 0 Å². The number of rotatable bonds is 2. The molecule has 0 aliphatic carbocycles. The third-order valence-corrected chi connectivity index (χ3v) is 3.07. The standard InChI is InChI=1S/C12H16O/c1-5-9-7(3)8(4)11-12(13-11)10(9)6-2/h5-6H2,1-4H3. The second-order valence-corrected chi connectivity index (χ2v) is 3.67. The van der Waals surface area contributed by atoms with Gasteiger partial charge in [-0.25, -0.2) is 0 Å². The highest BCUT2D eigenvalue weighted by atomic mass is 16.6. The van der Waals surface area contributed by atoms with Gasteiger partial charge in [0.05, 0.1) is 0 Å². The summed E-state index contributed by atoms with van der Waals surface area (Å²) in [5.41, 5.74) is 5.69. The van der Waals surface area contributed by atoms with E-state index in [1.807, 2.05) is 0 Å². The summed E-state index contributed by atoms with van der Waals surface area (Å²) in [4.78, 5) is 0. The molecule has 0 aromatic heterocycles. The highest BCUT2D eigenvalue weighted by Crippen LogP contribution is 2.53. The lowest BCUT2D eigenvalue weighted by Gasteiger charge is -2.07. The summed E-state index contributed by atoms with van der Waals surface area (Å²) >= 11 is 0. The van der Waals surface area contributed by atoms with Crippen LogP contribution < -0.4 is 4.74 Å². The van der Waals surface area contributed by atoms with E-state index in [1.165, 1.54) is 28.0 Å². The average Bonchev–Trinajstić information content (AvgIpc) is 2.90.